The van der Waals surface area contributed by atoms with Crippen molar-refractivity contribution in [2.45, 2.75) is 32.4 Å². The Labute approximate surface area is 134 Å². The van der Waals surface area contributed by atoms with Gasteiger partial charge in [0.25, 0.3) is 0 Å². The largest absolute Gasteiger partial charge is 0.486 e. The second-order valence-corrected chi connectivity index (χ2v) is 6.01. The average Bonchev–Trinajstić information content (AvgIpc) is 2.86. The molecule has 1 unspecified atom stereocenters. The van der Waals surface area contributed by atoms with Crippen LogP contribution in [-0.4, -0.2) is 43.8 Å². The minimum Gasteiger partial charge on any atom is -0.486 e. The van der Waals surface area contributed by atoms with Crippen LogP contribution < -0.4 is 25.0 Å². The van der Waals surface area contributed by atoms with Crippen LogP contribution in [0.5, 0.6) is 11.5 Å². The smallest absolute Gasteiger partial charge is 0.315 e. The number of hydrogen-bond donors (Lipinski definition) is 2. The Kier molecular flexibility index (Phi) is 4.27. The van der Waals surface area contributed by atoms with E-state index in [9.17, 15) is 9.59 Å². The molecule has 0 radical (unpaired) electrons. The summed E-state index contributed by atoms with van der Waals surface area (Å²) in [5.41, 5.74) is 0.757. The number of fused-ring (bicyclic) bond motifs is 1. The van der Waals surface area contributed by atoms with Crippen LogP contribution in [0.25, 0.3) is 0 Å². The second-order valence-electron chi connectivity index (χ2n) is 6.01. The van der Waals surface area contributed by atoms with Crippen LogP contribution in [0, 0.1) is 0 Å². The van der Waals surface area contributed by atoms with Gasteiger partial charge in [0.1, 0.15) is 13.2 Å². The molecule has 2 heterocycles. The highest BCUT2D eigenvalue weighted by atomic mass is 16.6. The van der Waals surface area contributed by atoms with Gasteiger partial charge >= 0.3 is 6.03 Å². The summed E-state index contributed by atoms with van der Waals surface area (Å²) in [5.74, 6) is 1.32. The Morgan fingerprint density at radius 2 is 2.00 bits per heavy atom. The molecule has 0 aliphatic carbocycles. The van der Waals surface area contributed by atoms with E-state index in [2.05, 4.69) is 10.6 Å². The molecule has 3 amide bonds. The van der Waals surface area contributed by atoms with E-state index < -0.39 is 0 Å². The molecule has 7 heteroatoms. The van der Waals surface area contributed by atoms with Gasteiger partial charge in [0, 0.05) is 30.8 Å². The highest BCUT2D eigenvalue weighted by Crippen LogP contribution is 2.35. The lowest BCUT2D eigenvalue weighted by Crippen LogP contribution is -2.45. The number of amides is 3. The van der Waals surface area contributed by atoms with Crippen molar-refractivity contribution in [1.82, 2.24) is 10.6 Å². The predicted octanol–water partition coefficient (Wildman–Crippen LogP) is 1.27. The Balaban J connectivity index is 1.67. The monoisotopic (exact) mass is 319 g/mol. The maximum Gasteiger partial charge on any atom is 0.315 e. The van der Waals surface area contributed by atoms with Gasteiger partial charge < -0.3 is 25.0 Å². The highest BCUT2D eigenvalue weighted by molar-refractivity contribution is 5.97. The minimum absolute atomic E-state index is 0.0171. The molecule has 3 rings (SSSR count). The molecule has 0 spiro atoms. The van der Waals surface area contributed by atoms with Crippen molar-refractivity contribution in [3.63, 3.8) is 0 Å². The summed E-state index contributed by atoms with van der Waals surface area (Å²) >= 11 is 0. The van der Waals surface area contributed by atoms with Crippen molar-refractivity contribution in [3.8, 4) is 11.5 Å². The van der Waals surface area contributed by atoms with Gasteiger partial charge in [-0.2, -0.15) is 0 Å². The summed E-state index contributed by atoms with van der Waals surface area (Å²) in [7, 11) is 0. The molecule has 7 nitrogen and oxygen atoms in total. The first-order valence-corrected chi connectivity index (χ1v) is 7.80. The van der Waals surface area contributed by atoms with Gasteiger partial charge in [0.15, 0.2) is 11.5 Å². The van der Waals surface area contributed by atoms with E-state index in [1.165, 1.54) is 0 Å². The first-order valence-electron chi connectivity index (χ1n) is 7.80. The molecular weight excluding hydrogens is 298 g/mol. The molecule has 1 saturated heterocycles. The van der Waals surface area contributed by atoms with Gasteiger partial charge in [-0.05, 0) is 26.0 Å². The number of carbonyl (C=O) groups excluding carboxylic acids is 2. The van der Waals surface area contributed by atoms with Crippen molar-refractivity contribution < 1.29 is 19.1 Å². The molecular formula is C16H21N3O4. The summed E-state index contributed by atoms with van der Waals surface area (Å²) < 4.78 is 11.0. The van der Waals surface area contributed by atoms with E-state index in [0.29, 0.717) is 37.7 Å². The molecule has 23 heavy (non-hydrogen) atoms. The summed E-state index contributed by atoms with van der Waals surface area (Å²) in [6.45, 7) is 5.27. The van der Waals surface area contributed by atoms with Crippen molar-refractivity contribution >= 4 is 17.6 Å². The molecule has 0 saturated carbocycles. The fourth-order valence-corrected chi connectivity index (χ4v) is 2.74. The Morgan fingerprint density at radius 1 is 1.26 bits per heavy atom. The summed E-state index contributed by atoms with van der Waals surface area (Å²) in [5, 5.41) is 5.60. The van der Waals surface area contributed by atoms with Crippen molar-refractivity contribution in [3.05, 3.63) is 18.2 Å². The third-order valence-electron chi connectivity index (χ3n) is 3.72. The average molecular weight is 319 g/mol. The summed E-state index contributed by atoms with van der Waals surface area (Å²) in [6, 6.07) is 5.06. The van der Waals surface area contributed by atoms with Crippen molar-refractivity contribution in [2.24, 2.45) is 0 Å². The maximum atomic E-state index is 12.2. The molecule has 2 aliphatic heterocycles. The van der Waals surface area contributed by atoms with E-state index in [4.69, 9.17) is 9.47 Å². The number of carbonyl (C=O) groups is 2. The number of anilines is 1. The van der Waals surface area contributed by atoms with Crippen LogP contribution in [0.4, 0.5) is 10.5 Å². The molecule has 2 N–H and O–H groups in total. The van der Waals surface area contributed by atoms with Crippen LogP contribution in [0.3, 0.4) is 0 Å². The van der Waals surface area contributed by atoms with E-state index in [1.807, 2.05) is 32.0 Å². The van der Waals surface area contributed by atoms with E-state index >= 15 is 0 Å². The van der Waals surface area contributed by atoms with Gasteiger partial charge in [0.2, 0.25) is 5.91 Å². The molecule has 1 fully saturated rings. The number of benzene rings is 1. The Morgan fingerprint density at radius 3 is 2.74 bits per heavy atom. The molecule has 124 valence electrons. The number of ether oxygens (including phenoxy) is 2. The Hall–Kier alpha value is -2.44. The zero-order valence-electron chi connectivity index (χ0n) is 13.3. The van der Waals surface area contributed by atoms with Crippen LogP contribution in [0.2, 0.25) is 0 Å². The van der Waals surface area contributed by atoms with Crippen molar-refractivity contribution in [2.75, 3.05) is 24.7 Å². The number of nitrogens with zero attached hydrogens (tertiary/aromatic N) is 1. The lowest BCUT2D eigenvalue weighted by Gasteiger charge is -2.22. The number of rotatable bonds is 3. The van der Waals surface area contributed by atoms with Crippen LogP contribution in [-0.2, 0) is 4.79 Å². The fraction of sp³-hybridized carbons (Fsp3) is 0.500. The van der Waals surface area contributed by atoms with Gasteiger partial charge in [0.05, 0.1) is 6.04 Å². The fourth-order valence-electron chi connectivity index (χ4n) is 2.74. The molecule has 1 aromatic carbocycles. The number of nitrogens with one attached hydrogen (secondary N) is 2. The van der Waals surface area contributed by atoms with Crippen LogP contribution >= 0.6 is 0 Å². The normalized spacial score (nSPS) is 19.9. The molecule has 0 bridgehead atoms. The number of urea groups is 1. The maximum absolute atomic E-state index is 12.2. The third kappa shape index (κ3) is 3.49. The van der Waals surface area contributed by atoms with Gasteiger partial charge in [-0.15, -0.1) is 0 Å². The first-order chi connectivity index (χ1) is 11.0. The standard InChI is InChI=1S/C16H21N3O4/c1-10(2)17-16(21)18-11-7-15(20)19(9-11)12-3-4-13-14(8-12)23-6-5-22-13/h3-4,8,10-11H,5-7,9H2,1-2H3,(H2,17,18,21). The predicted molar refractivity (Wildman–Crippen MR) is 85.0 cm³/mol. The van der Waals surface area contributed by atoms with E-state index in [1.54, 1.807) is 4.90 Å². The molecule has 0 aromatic heterocycles. The lowest BCUT2D eigenvalue weighted by molar-refractivity contribution is -0.117. The van der Waals surface area contributed by atoms with Crippen LogP contribution in [0.15, 0.2) is 18.2 Å². The third-order valence-corrected chi connectivity index (χ3v) is 3.72. The zero-order chi connectivity index (χ0) is 16.4. The van der Waals surface area contributed by atoms with Gasteiger partial charge in [-0.25, -0.2) is 4.79 Å². The molecule has 1 aromatic rings. The van der Waals surface area contributed by atoms with Gasteiger partial charge in [-0.3, -0.25) is 4.79 Å². The zero-order valence-corrected chi connectivity index (χ0v) is 13.3. The molecule has 1 atom stereocenters. The minimum atomic E-state index is -0.248. The lowest BCUT2D eigenvalue weighted by atomic mass is 10.2. The van der Waals surface area contributed by atoms with E-state index in [-0.39, 0.29) is 24.0 Å². The SMILES string of the molecule is CC(C)NC(=O)NC1CC(=O)N(c2ccc3c(c2)OCCO3)C1. The van der Waals surface area contributed by atoms with Crippen molar-refractivity contribution in [1.29, 1.82) is 0 Å². The summed E-state index contributed by atoms with van der Waals surface area (Å²) in [4.78, 5) is 25.7. The van der Waals surface area contributed by atoms with Gasteiger partial charge in [-0.1, -0.05) is 0 Å². The summed E-state index contributed by atoms with van der Waals surface area (Å²) in [6.07, 6.45) is 0.292. The van der Waals surface area contributed by atoms with Crippen LogP contribution in [0.1, 0.15) is 20.3 Å². The van der Waals surface area contributed by atoms with E-state index in [0.717, 1.165) is 5.69 Å². The first kappa shape index (κ1) is 15.5. The quantitative estimate of drug-likeness (QED) is 0.879. The Bertz CT molecular complexity index is 617. The molecule has 2 aliphatic rings. The highest BCUT2D eigenvalue weighted by Gasteiger charge is 2.32. The second kappa shape index (κ2) is 6.36. The number of hydrogen-bond acceptors (Lipinski definition) is 4. The topological polar surface area (TPSA) is 79.9 Å².